The van der Waals surface area contributed by atoms with Crippen LogP contribution in [0.3, 0.4) is 0 Å². The van der Waals surface area contributed by atoms with E-state index in [0.717, 1.165) is 37.4 Å². The molecule has 2 aromatic carbocycles. The van der Waals surface area contributed by atoms with Gasteiger partial charge in [0.1, 0.15) is 0 Å². The Morgan fingerprint density at radius 2 is 1.83 bits per heavy atom. The number of carbonyl (C=O) groups is 1. The minimum Gasteiger partial charge on any atom is -0.342 e. The van der Waals surface area contributed by atoms with E-state index >= 15 is 0 Å². The SMILES string of the molecule is O=C(Cc1cccc2ccccc12)N1CCC(C2CCCN2)CC1. The Balaban J connectivity index is 1.39. The molecule has 1 amide bonds. The molecule has 0 aromatic heterocycles. The maximum Gasteiger partial charge on any atom is 0.227 e. The highest BCUT2D eigenvalue weighted by atomic mass is 16.2. The summed E-state index contributed by atoms with van der Waals surface area (Å²) in [6, 6.07) is 15.3. The Kier molecular flexibility index (Phi) is 4.52. The first-order valence-corrected chi connectivity index (χ1v) is 9.29. The lowest BCUT2D eigenvalue weighted by Crippen LogP contribution is -2.43. The number of fused-ring (bicyclic) bond motifs is 1. The fourth-order valence-electron chi connectivity index (χ4n) is 4.39. The van der Waals surface area contributed by atoms with Crippen molar-refractivity contribution in [2.45, 2.75) is 38.1 Å². The molecule has 0 saturated carbocycles. The van der Waals surface area contributed by atoms with Crippen LogP contribution in [0, 0.1) is 5.92 Å². The van der Waals surface area contributed by atoms with E-state index in [2.05, 4.69) is 52.7 Å². The van der Waals surface area contributed by atoms with Crippen molar-refractivity contribution in [2.75, 3.05) is 19.6 Å². The first kappa shape index (κ1) is 15.6. The van der Waals surface area contributed by atoms with Crippen molar-refractivity contribution in [3.63, 3.8) is 0 Å². The van der Waals surface area contributed by atoms with E-state index in [1.807, 2.05) is 0 Å². The second-order valence-corrected chi connectivity index (χ2v) is 7.24. The topological polar surface area (TPSA) is 32.3 Å². The zero-order valence-corrected chi connectivity index (χ0v) is 14.2. The van der Waals surface area contributed by atoms with Crippen LogP contribution >= 0.6 is 0 Å². The first-order chi connectivity index (χ1) is 11.8. The van der Waals surface area contributed by atoms with Gasteiger partial charge in [0, 0.05) is 19.1 Å². The molecule has 126 valence electrons. The standard InChI is InChI=1S/C21H26N2O/c24-21(15-18-7-3-6-16-5-1-2-8-19(16)18)23-13-10-17(11-14-23)20-9-4-12-22-20/h1-3,5-8,17,20,22H,4,9-15H2. The average Bonchev–Trinajstić information content (AvgIpc) is 3.17. The van der Waals surface area contributed by atoms with Crippen LogP contribution < -0.4 is 5.32 Å². The first-order valence-electron chi connectivity index (χ1n) is 9.29. The highest BCUT2D eigenvalue weighted by molar-refractivity contribution is 5.90. The quantitative estimate of drug-likeness (QED) is 0.939. The summed E-state index contributed by atoms with van der Waals surface area (Å²) in [5.74, 6) is 1.04. The molecule has 0 aliphatic carbocycles. The van der Waals surface area contributed by atoms with Gasteiger partial charge in [-0.25, -0.2) is 0 Å². The monoisotopic (exact) mass is 322 g/mol. The largest absolute Gasteiger partial charge is 0.342 e. The van der Waals surface area contributed by atoms with Gasteiger partial charge in [0.15, 0.2) is 0 Å². The molecule has 2 aliphatic rings. The van der Waals surface area contributed by atoms with Crippen molar-refractivity contribution >= 4 is 16.7 Å². The zero-order chi connectivity index (χ0) is 16.4. The number of hydrogen-bond donors (Lipinski definition) is 1. The number of nitrogens with zero attached hydrogens (tertiary/aromatic N) is 1. The predicted molar refractivity (Wildman–Crippen MR) is 98.0 cm³/mol. The molecule has 1 atom stereocenters. The minimum absolute atomic E-state index is 0.282. The molecular weight excluding hydrogens is 296 g/mol. The summed E-state index contributed by atoms with van der Waals surface area (Å²) in [6.07, 6.45) is 5.45. The fraction of sp³-hybridized carbons (Fsp3) is 0.476. The lowest BCUT2D eigenvalue weighted by atomic mass is 9.88. The van der Waals surface area contributed by atoms with Gasteiger partial charge in [-0.05, 0) is 54.5 Å². The molecule has 3 nitrogen and oxygen atoms in total. The zero-order valence-electron chi connectivity index (χ0n) is 14.2. The number of hydrogen-bond acceptors (Lipinski definition) is 2. The highest BCUT2D eigenvalue weighted by Crippen LogP contribution is 2.26. The summed E-state index contributed by atoms with van der Waals surface area (Å²) in [7, 11) is 0. The molecule has 0 bridgehead atoms. The second-order valence-electron chi connectivity index (χ2n) is 7.24. The number of nitrogens with one attached hydrogen (secondary N) is 1. The summed E-state index contributed by atoms with van der Waals surface area (Å²) in [6.45, 7) is 3.02. The van der Waals surface area contributed by atoms with E-state index in [9.17, 15) is 4.79 Å². The Morgan fingerprint density at radius 3 is 2.62 bits per heavy atom. The van der Waals surface area contributed by atoms with Crippen molar-refractivity contribution in [1.29, 1.82) is 0 Å². The van der Waals surface area contributed by atoms with Gasteiger partial charge in [-0.2, -0.15) is 0 Å². The van der Waals surface area contributed by atoms with Crippen LogP contribution in [-0.4, -0.2) is 36.5 Å². The molecule has 2 saturated heterocycles. The van der Waals surface area contributed by atoms with Crippen LogP contribution in [-0.2, 0) is 11.2 Å². The van der Waals surface area contributed by atoms with Gasteiger partial charge in [0.05, 0.1) is 6.42 Å². The van der Waals surface area contributed by atoms with Gasteiger partial charge in [-0.3, -0.25) is 4.79 Å². The molecule has 2 fully saturated rings. The van der Waals surface area contributed by atoms with Crippen molar-refractivity contribution in [3.05, 3.63) is 48.0 Å². The average molecular weight is 322 g/mol. The number of piperidine rings is 1. The molecular formula is C21H26N2O. The fourth-order valence-corrected chi connectivity index (χ4v) is 4.39. The Hall–Kier alpha value is -1.87. The lowest BCUT2D eigenvalue weighted by Gasteiger charge is -2.35. The summed E-state index contributed by atoms with van der Waals surface area (Å²) >= 11 is 0. The molecule has 2 heterocycles. The second kappa shape index (κ2) is 6.94. The van der Waals surface area contributed by atoms with Gasteiger partial charge in [0.25, 0.3) is 0 Å². The molecule has 0 spiro atoms. The van der Waals surface area contributed by atoms with E-state index in [0.29, 0.717) is 12.5 Å². The summed E-state index contributed by atoms with van der Waals surface area (Å²) < 4.78 is 0. The maximum absolute atomic E-state index is 12.7. The Labute approximate surface area is 144 Å². The van der Waals surface area contributed by atoms with Gasteiger partial charge in [0.2, 0.25) is 5.91 Å². The van der Waals surface area contributed by atoms with Crippen molar-refractivity contribution in [1.82, 2.24) is 10.2 Å². The highest BCUT2D eigenvalue weighted by Gasteiger charge is 2.29. The van der Waals surface area contributed by atoms with E-state index in [-0.39, 0.29) is 5.91 Å². The Bertz CT molecular complexity index is 707. The smallest absolute Gasteiger partial charge is 0.227 e. The Morgan fingerprint density at radius 1 is 1.04 bits per heavy atom. The van der Waals surface area contributed by atoms with Crippen molar-refractivity contribution in [2.24, 2.45) is 5.92 Å². The van der Waals surface area contributed by atoms with Crippen molar-refractivity contribution < 1.29 is 4.79 Å². The van der Waals surface area contributed by atoms with Gasteiger partial charge < -0.3 is 10.2 Å². The molecule has 2 aromatic rings. The van der Waals surface area contributed by atoms with Gasteiger partial charge >= 0.3 is 0 Å². The molecule has 3 heteroatoms. The number of amides is 1. The number of rotatable bonds is 3. The number of carbonyl (C=O) groups excluding carboxylic acids is 1. The third kappa shape index (κ3) is 3.18. The molecule has 24 heavy (non-hydrogen) atoms. The van der Waals surface area contributed by atoms with Crippen molar-refractivity contribution in [3.8, 4) is 0 Å². The van der Waals surface area contributed by atoms with Crippen LogP contribution in [0.25, 0.3) is 10.8 Å². The maximum atomic E-state index is 12.7. The van der Waals surface area contributed by atoms with Crippen LogP contribution in [0.2, 0.25) is 0 Å². The molecule has 2 aliphatic heterocycles. The third-order valence-corrected chi connectivity index (χ3v) is 5.78. The number of likely N-dealkylation sites (tertiary alicyclic amines) is 1. The van der Waals surface area contributed by atoms with Crippen LogP contribution in [0.1, 0.15) is 31.2 Å². The normalized spacial score (nSPS) is 22.2. The molecule has 0 radical (unpaired) electrons. The van der Waals surface area contributed by atoms with E-state index in [1.54, 1.807) is 0 Å². The molecule has 1 N–H and O–H groups in total. The predicted octanol–water partition coefficient (Wildman–Crippen LogP) is 3.37. The molecule has 1 unspecified atom stereocenters. The van der Waals surface area contributed by atoms with Crippen LogP contribution in [0.4, 0.5) is 0 Å². The van der Waals surface area contributed by atoms with E-state index in [1.165, 1.54) is 30.2 Å². The lowest BCUT2D eigenvalue weighted by molar-refractivity contribution is -0.131. The summed E-state index contributed by atoms with van der Waals surface area (Å²) in [5, 5.41) is 6.05. The van der Waals surface area contributed by atoms with Crippen LogP contribution in [0.5, 0.6) is 0 Å². The summed E-state index contributed by atoms with van der Waals surface area (Å²) in [4.78, 5) is 14.8. The van der Waals surface area contributed by atoms with Gasteiger partial charge in [-0.1, -0.05) is 42.5 Å². The number of benzene rings is 2. The molecule has 4 rings (SSSR count). The van der Waals surface area contributed by atoms with Crippen LogP contribution in [0.15, 0.2) is 42.5 Å². The summed E-state index contributed by atoms with van der Waals surface area (Å²) in [5.41, 5.74) is 1.15. The van der Waals surface area contributed by atoms with E-state index in [4.69, 9.17) is 0 Å². The minimum atomic E-state index is 0.282. The van der Waals surface area contributed by atoms with E-state index < -0.39 is 0 Å². The van der Waals surface area contributed by atoms with Gasteiger partial charge in [-0.15, -0.1) is 0 Å². The third-order valence-electron chi connectivity index (χ3n) is 5.78.